The number of nitrogens with one attached hydrogen (secondary N) is 1. The standard InChI is InChI=1S/C21H27N3O4S/c25-18(22-15-8-12-28-13-9-15)14-24-16-6-2-3-7-17(16)29-19(21(24)27)20(26)23-10-4-1-5-11-23/h2-3,6-7,15,19H,1,4-5,8-14H2,(H,22,25). The van der Waals surface area contributed by atoms with Crippen molar-refractivity contribution in [1.82, 2.24) is 10.2 Å². The molecule has 1 unspecified atom stereocenters. The maximum Gasteiger partial charge on any atom is 0.250 e. The van der Waals surface area contributed by atoms with Gasteiger partial charge in [-0.05, 0) is 44.2 Å². The number of ether oxygens (including phenoxy) is 1. The number of thioether (sulfide) groups is 1. The monoisotopic (exact) mass is 417 g/mol. The molecule has 0 spiro atoms. The van der Waals surface area contributed by atoms with E-state index in [1.807, 2.05) is 24.3 Å². The van der Waals surface area contributed by atoms with Crippen LogP contribution in [0.25, 0.3) is 0 Å². The Bertz CT molecular complexity index is 775. The van der Waals surface area contributed by atoms with Crippen molar-refractivity contribution in [3.8, 4) is 0 Å². The molecule has 3 aliphatic rings. The number of anilines is 1. The zero-order valence-electron chi connectivity index (χ0n) is 16.5. The van der Waals surface area contributed by atoms with Crippen LogP contribution in [0.1, 0.15) is 32.1 Å². The third-order valence-corrected chi connectivity index (χ3v) is 6.91. The van der Waals surface area contributed by atoms with Crippen LogP contribution >= 0.6 is 11.8 Å². The minimum absolute atomic E-state index is 0.0719. The minimum atomic E-state index is -0.820. The molecular formula is C21H27N3O4S. The van der Waals surface area contributed by atoms with Crippen LogP contribution in [0.2, 0.25) is 0 Å². The normalized spacial score (nSPS) is 22.9. The van der Waals surface area contributed by atoms with Crippen LogP contribution in [-0.2, 0) is 19.1 Å². The van der Waals surface area contributed by atoms with Crippen LogP contribution in [0.3, 0.4) is 0 Å². The summed E-state index contributed by atoms with van der Waals surface area (Å²) in [5.41, 5.74) is 0.701. The first-order valence-corrected chi connectivity index (χ1v) is 11.2. The van der Waals surface area contributed by atoms with Crippen molar-refractivity contribution >= 4 is 35.2 Å². The Morgan fingerprint density at radius 3 is 2.59 bits per heavy atom. The van der Waals surface area contributed by atoms with E-state index in [9.17, 15) is 14.4 Å². The number of likely N-dealkylation sites (tertiary alicyclic amines) is 1. The number of carbonyl (C=O) groups is 3. The molecular weight excluding hydrogens is 390 g/mol. The summed E-state index contributed by atoms with van der Waals surface area (Å²) in [4.78, 5) is 43.1. The number of carbonyl (C=O) groups excluding carboxylic acids is 3. The number of hydrogen-bond acceptors (Lipinski definition) is 5. The molecule has 1 N–H and O–H groups in total. The highest BCUT2D eigenvalue weighted by Gasteiger charge is 2.41. The predicted octanol–water partition coefficient (Wildman–Crippen LogP) is 1.80. The van der Waals surface area contributed by atoms with Gasteiger partial charge in [-0.3, -0.25) is 14.4 Å². The van der Waals surface area contributed by atoms with Crippen molar-refractivity contribution in [1.29, 1.82) is 0 Å². The van der Waals surface area contributed by atoms with E-state index < -0.39 is 5.25 Å². The van der Waals surface area contributed by atoms with E-state index in [4.69, 9.17) is 4.74 Å². The van der Waals surface area contributed by atoms with Gasteiger partial charge in [-0.15, -0.1) is 11.8 Å². The van der Waals surface area contributed by atoms with E-state index in [2.05, 4.69) is 5.32 Å². The van der Waals surface area contributed by atoms with Crippen LogP contribution in [-0.4, -0.2) is 66.8 Å². The van der Waals surface area contributed by atoms with E-state index in [1.54, 1.807) is 4.90 Å². The zero-order valence-corrected chi connectivity index (χ0v) is 17.3. The third-order valence-electron chi connectivity index (χ3n) is 5.67. The Kier molecular flexibility index (Phi) is 6.40. The molecule has 1 atom stereocenters. The highest BCUT2D eigenvalue weighted by molar-refractivity contribution is 8.01. The van der Waals surface area contributed by atoms with Gasteiger partial charge in [0, 0.05) is 37.2 Å². The fourth-order valence-electron chi connectivity index (χ4n) is 4.08. The summed E-state index contributed by atoms with van der Waals surface area (Å²) in [6.07, 6.45) is 4.64. The summed E-state index contributed by atoms with van der Waals surface area (Å²) >= 11 is 1.30. The van der Waals surface area contributed by atoms with Crippen LogP contribution in [0.4, 0.5) is 5.69 Å². The molecule has 29 heavy (non-hydrogen) atoms. The second-order valence-electron chi connectivity index (χ2n) is 7.73. The topological polar surface area (TPSA) is 79.0 Å². The van der Waals surface area contributed by atoms with Crippen molar-refractivity contribution in [2.45, 2.75) is 48.3 Å². The summed E-state index contributed by atoms with van der Waals surface area (Å²) in [5, 5.41) is 2.19. The van der Waals surface area contributed by atoms with Gasteiger partial charge in [0.25, 0.3) is 5.91 Å². The Morgan fingerprint density at radius 2 is 1.83 bits per heavy atom. The number of benzene rings is 1. The molecule has 4 rings (SSSR count). The molecule has 1 aromatic rings. The molecule has 3 heterocycles. The highest BCUT2D eigenvalue weighted by atomic mass is 32.2. The number of rotatable bonds is 4. The lowest BCUT2D eigenvalue weighted by Gasteiger charge is -2.36. The maximum atomic E-state index is 13.3. The van der Waals surface area contributed by atoms with Crippen molar-refractivity contribution in [2.75, 3.05) is 37.7 Å². The number of amides is 3. The average Bonchev–Trinajstić information content (AvgIpc) is 2.76. The molecule has 1 aromatic carbocycles. The number of para-hydroxylation sites is 1. The third kappa shape index (κ3) is 4.59. The second-order valence-corrected chi connectivity index (χ2v) is 8.88. The Balaban J connectivity index is 1.50. The Labute approximate surface area is 175 Å². The average molecular weight is 418 g/mol. The Morgan fingerprint density at radius 1 is 1.10 bits per heavy atom. The van der Waals surface area contributed by atoms with Crippen LogP contribution in [0, 0.1) is 0 Å². The van der Waals surface area contributed by atoms with E-state index in [-0.39, 0.29) is 30.3 Å². The molecule has 0 bridgehead atoms. The quantitative estimate of drug-likeness (QED) is 0.756. The van der Waals surface area contributed by atoms with Crippen LogP contribution in [0.5, 0.6) is 0 Å². The number of piperidine rings is 1. The van der Waals surface area contributed by atoms with Crippen LogP contribution in [0.15, 0.2) is 29.2 Å². The van der Waals surface area contributed by atoms with Gasteiger partial charge in [-0.2, -0.15) is 0 Å². The van der Waals surface area contributed by atoms with Gasteiger partial charge in [0.1, 0.15) is 6.54 Å². The SMILES string of the molecule is O=C(CN1C(=O)C(C(=O)N2CCCCC2)Sc2ccccc21)NC1CCOCC1. The van der Waals surface area contributed by atoms with Gasteiger partial charge in [-0.25, -0.2) is 0 Å². The summed E-state index contributed by atoms with van der Waals surface area (Å²) in [6, 6.07) is 7.56. The zero-order chi connectivity index (χ0) is 20.2. The van der Waals surface area contributed by atoms with Gasteiger partial charge < -0.3 is 19.9 Å². The van der Waals surface area contributed by atoms with E-state index in [0.29, 0.717) is 32.0 Å². The molecule has 8 heteroatoms. The summed E-state index contributed by atoms with van der Waals surface area (Å²) in [5.74, 6) is -0.633. The van der Waals surface area contributed by atoms with E-state index >= 15 is 0 Å². The highest BCUT2D eigenvalue weighted by Crippen LogP contribution is 2.39. The lowest BCUT2D eigenvalue weighted by molar-refractivity contribution is -0.136. The van der Waals surface area contributed by atoms with Gasteiger partial charge in [0.05, 0.1) is 5.69 Å². The number of hydrogen-bond donors (Lipinski definition) is 1. The van der Waals surface area contributed by atoms with Crippen LogP contribution < -0.4 is 10.2 Å². The molecule has 7 nitrogen and oxygen atoms in total. The van der Waals surface area contributed by atoms with Crippen molar-refractivity contribution in [3.05, 3.63) is 24.3 Å². The smallest absolute Gasteiger partial charge is 0.250 e. The number of fused-ring (bicyclic) bond motifs is 1. The molecule has 3 aliphatic heterocycles. The molecule has 3 amide bonds. The lowest BCUT2D eigenvalue weighted by Crippen LogP contribution is -2.53. The molecule has 0 aliphatic carbocycles. The summed E-state index contributed by atoms with van der Waals surface area (Å²) < 4.78 is 5.33. The molecule has 0 radical (unpaired) electrons. The van der Waals surface area contributed by atoms with Crippen molar-refractivity contribution < 1.29 is 19.1 Å². The van der Waals surface area contributed by atoms with Crippen molar-refractivity contribution in [3.63, 3.8) is 0 Å². The van der Waals surface area contributed by atoms with E-state index in [1.165, 1.54) is 16.7 Å². The van der Waals surface area contributed by atoms with Crippen molar-refractivity contribution in [2.24, 2.45) is 0 Å². The minimum Gasteiger partial charge on any atom is -0.381 e. The molecule has 2 saturated heterocycles. The van der Waals surface area contributed by atoms with Gasteiger partial charge in [-0.1, -0.05) is 12.1 Å². The molecule has 2 fully saturated rings. The maximum absolute atomic E-state index is 13.3. The summed E-state index contributed by atoms with van der Waals surface area (Å²) in [6.45, 7) is 2.61. The second kappa shape index (κ2) is 9.17. The Hall–Kier alpha value is -2.06. The predicted molar refractivity (Wildman–Crippen MR) is 111 cm³/mol. The first kappa shape index (κ1) is 20.2. The van der Waals surface area contributed by atoms with E-state index in [0.717, 1.165) is 37.0 Å². The van der Waals surface area contributed by atoms with Gasteiger partial charge in [0.15, 0.2) is 5.25 Å². The summed E-state index contributed by atoms with van der Waals surface area (Å²) in [7, 11) is 0. The lowest BCUT2D eigenvalue weighted by atomic mass is 10.1. The largest absolute Gasteiger partial charge is 0.381 e. The molecule has 0 aromatic heterocycles. The first-order valence-electron chi connectivity index (χ1n) is 10.4. The molecule has 156 valence electrons. The fourth-order valence-corrected chi connectivity index (χ4v) is 5.26. The number of nitrogens with zero attached hydrogens (tertiary/aromatic N) is 2. The first-order chi connectivity index (χ1) is 14.1. The molecule has 0 saturated carbocycles. The van der Waals surface area contributed by atoms with Gasteiger partial charge in [0.2, 0.25) is 11.8 Å². The van der Waals surface area contributed by atoms with Gasteiger partial charge >= 0.3 is 0 Å². The fraction of sp³-hybridized carbons (Fsp3) is 0.571.